The number of nitrogens with zero attached hydrogens (tertiary/aromatic N) is 1. The van der Waals surface area contributed by atoms with Gasteiger partial charge < -0.3 is 0 Å². The molecule has 0 heterocycles. The highest BCUT2D eigenvalue weighted by atomic mass is 14.3. The van der Waals surface area contributed by atoms with E-state index in [1.54, 1.807) is 0 Å². The van der Waals surface area contributed by atoms with Crippen LogP contribution in [0.15, 0.2) is 0 Å². The summed E-state index contributed by atoms with van der Waals surface area (Å²) < 4.78 is 0. The predicted molar refractivity (Wildman–Crippen MR) is 50.5 cm³/mol. The Kier molecular flexibility index (Phi) is 3.59. The van der Waals surface area contributed by atoms with E-state index in [1.807, 2.05) is 0 Å². The number of rotatable bonds is 1. The molecule has 0 N–H and O–H groups in total. The van der Waals surface area contributed by atoms with Gasteiger partial charge in [-0.3, -0.25) is 0 Å². The van der Waals surface area contributed by atoms with Gasteiger partial charge in [0.25, 0.3) is 0 Å². The molecule has 12 heavy (non-hydrogen) atoms. The van der Waals surface area contributed by atoms with Gasteiger partial charge in [-0.25, -0.2) is 0 Å². The van der Waals surface area contributed by atoms with Crippen molar-refractivity contribution in [2.45, 2.75) is 46.0 Å². The lowest BCUT2D eigenvalue weighted by Crippen LogP contribution is -2.10. The Labute approximate surface area is 75.8 Å². The van der Waals surface area contributed by atoms with Crippen molar-refractivity contribution in [1.29, 1.82) is 5.26 Å². The molecule has 3 unspecified atom stereocenters. The quantitative estimate of drug-likeness (QED) is 0.546. The van der Waals surface area contributed by atoms with E-state index >= 15 is 0 Å². The molecule has 1 rings (SSSR count). The van der Waals surface area contributed by atoms with Gasteiger partial charge in [-0.15, -0.1) is 0 Å². The molecule has 1 saturated carbocycles. The van der Waals surface area contributed by atoms with Crippen LogP contribution in [0.1, 0.15) is 46.0 Å². The topological polar surface area (TPSA) is 23.8 Å². The van der Waals surface area contributed by atoms with Crippen LogP contribution in [-0.4, -0.2) is 0 Å². The fourth-order valence-corrected chi connectivity index (χ4v) is 2.38. The van der Waals surface area contributed by atoms with Gasteiger partial charge in [0.15, 0.2) is 0 Å². The largest absolute Gasteiger partial charge is 0.198 e. The maximum atomic E-state index is 8.64. The van der Waals surface area contributed by atoms with E-state index in [4.69, 9.17) is 5.26 Å². The van der Waals surface area contributed by atoms with E-state index in [0.717, 1.165) is 18.3 Å². The van der Waals surface area contributed by atoms with Gasteiger partial charge >= 0.3 is 0 Å². The van der Waals surface area contributed by atoms with Gasteiger partial charge in [-0.2, -0.15) is 5.26 Å². The monoisotopic (exact) mass is 165 g/mol. The standard InChI is InChI=1S/C11H19N/c1-9-4-3-5-11(6-7-12)10(2)8-9/h9-11H,3-6,8H2,1-2H3. The maximum Gasteiger partial charge on any atom is 0.0624 e. The van der Waals surface area contributed by atoms with Crippen LogP contribution in [0.5, 0.6) is 0 Å². The SMILES string of the molecule is CC1CCCC(CC#N)C(C)C1. The number of hydrogen-bond donors (Lipinski definition) is 0. The third-order valence-corrected chi connectivity index (χ3v) is 3.20. The second-order valence-corrected chi connectivity index (χ2v) is 4.37. The molecule has 0 amide bonds. The van der Waals surface area contributed by atoms with Crippen molar-refractivity contribution in [2.75, 3.05) is 0 Å². The molecule has 68 valence electrons. The first-order chi connectivity index (χ1) is 5.74. The predicted octanol–water partition coefficient (Wildman–Crippen LogP) is 3.36. The summed E-state index contributed by atoms with van der Waals surface area (Å²) >= 11 is 0. The van der Waals surface area contributed by atoms with E-state index in [2.05, 4.69) is 19.9 Å². The lowest BCUT2D eigenvalue weighted by molar-refractivity contribution is 0.322. The summed E-state index contributed by atoms with van der Waals surface area (Å²) in [5.74, 6) is 2.32. The second kappa shape index (κ2) is 4.50. The van der Waals surface area contributed by atoms with Crippen LogP contribution in [-0.2, 0) is 0 Å². The lowest BCUT2D eigenvalue weighted by Gasteiger charge is -2.19. The first-order valence-corrected chi connectivity index (χ1v) is 5.11. The summed E-state index contributed by atoms with van der Waals surface area (Å²) in [4.78, 5) is 0. The van der Waals surface area contributed by atoms with Gasteiger partial charge in [0.1, 0.15) is 0 Å². The minimum absolute atomic E-state index is 0.681. The Morgan fingerprint density at radius 2 is 2.08 bits per heavy atom. The summed E-state index contributed by atoms with van der Waals surface area (Å²) in [7, 11) is 0. The van der Waals surface area contributed by atoms with Crippen molar-refractivity contribution in [3.8, 4) is 6.07 Å². The molecule has 1 aliphatic rings. The Balaban J connectivity index is 2.47. The van der Waals surface area contributed by atoms with Crippen molar-refractivity contribution < 1.29 is 0 Å². The fraction of sp³-hybridized carbons (Fsp3) is 0.909. The van der Waals surface area contributed by atoms with Crippen LogP contribution in [0.2, 0.25) is 0 Å². The molecule has 0 aromatic carbocycles. The molecule has 0 aromatic heterocycles. The summed E-state index contributed by atoms with van der Waals surface area (Å²) in [6.07, 6.45) is 6.07. The minimum atomic E-state index is 0.681. The van der Waals surface area contributed by atoms with Crippen molar-refractivity contribution in [3.05, 3.63) is 0 Å². The van der Waals surface area contributed by atoms with E-state index in [0.29, 0.717) is 5.92 Å². The van der Waals surface area contributed by atoms with Crippen LogP contribution in [0.4, 0.5) is 0 Å². The smallest absolute Gasteiger partial charge is 0.0624 e. The van der Waals surface area contributed by atoms with Gasteiger partial charge in [0, 0.05) is 6.42 Å². The Morgan fingerprint density at radius 3 is 2.75 bits per heavy atom. The molecule has 0 radical (unpaired) electrons. The molecule has 1 heteroatoms. The Morgan fingerprint density at radius 1 is 1.33 bits per heavy atom. The van der Waals surface area contributed by atoms with Crippen molar-refractivity contribution in [1.82, 2.24) is 0 Å². The highest BCUT2D eigenvalue weighted by Crippen LogP contribution is 2.33. The molecule has 1 nitrogen and oxygen atoms in total. The summed E-state index contributed by atoms with van der Waals surface area (Å²) in [5.41, 5.74) is 0. The first kappa shape index (κ1) is 9.58. The number of hydrogen-bond acceptors (Lipinski definition) is 1. The Hall–Kier alpha value is -0.510. The normalized spacial score (nSPS) is 36.9. The van der Waals surface area contributed by atoms with Gasteiger partial charge in [0.05, 0.1) is 6.07 Å². The zero-order chi connectivity index (χ0) is 8.97. The Bertz CT molecular complexity index is 168. The van der Waals surface area contributed by atoms with Crippen LogP contribution in [0, 0.1) is 29.1 Å². The summed E-state index contributed by atoms with van der Waals surface area (Å²) in [5, 5.41) is 8.64. The second-order valence-electron chi connectivity index (χ2n) is 4.37. The maximum absolute atomic E-state index is 8.64. The van der Waals surface area contributed by atoms with Crippen LogP contribution in [0.25, 0.3) is 0 Å². The van der Waals surface area contributed by atoms with Crippen LogP contribution >= 0.6 is 0 Å². The average molecular weight is 165 g/mol. The zero-order valence-electron chi connectivity index (χ0n) is 8.21. The first-order valence-electron chi connectivity index (χ1n) is 5.11. The molecule has 0 aromatic rings. The van der Waals surface area contributed by atoms with Crippen molar-refractivity contribution in [2.24, 2.45) is 17.8 Å². The molecule has 1 fully saturated rings. The zero-order valence-corrected chi connectivity index (χ0v) is 8.21. The average Bonchev–Trinajstić information content (AvgIpc) is 2.15. The summed E-state index contributed by atoms with van der Waals surface area (Å²) in [6.45, 7) is 4.65. The molecule has 3 atom stereocenters. The molecule has 0 bridgehead atoms. The third-order valence-electron chi connectivity index (χ3n) is 3.20. The highest BCUT2D eigenvalue weighted by molar-refractivity contribution is 4.81. The molecule has 0 saturated heterocycles. The van der Waals surface area contributed by atoms with Gasteiger partial charge in [-0.05, 0) is 30.6 Å². The summed E-state index contributed by atoms with van der Waals surface area (Å²) in [6, 6.07) is 2.31. The van der Waals surface area contributed by atoms with Crippen LogP contribution in [0.3, 0.4) is 0 Å². The van der Waals surface area contributed by atoms with Crippen LogP contribution < -0.4 is 0 Å². The minimum Gasteiger partial charge on any atom is -0.198 e. The fourth-order valence-electron chi connectivity index (χ4n) is 2.38. The molecule has 0 spiro atoms. The third kappa shape index (κ3) is 2.52. The lowest BCUT2D eigenvalue weighted by atomic mass is 9.86. The molecule has 0 aliphatic heterocycles. The number of nitriles is 1. The van der Waals surface area contributed by atoms with Crippen molar-refractivity contribution in [3.63, 3.8) is 0 Å². The molecular weight excluding hydrogens is 146 g/mol. The van der Waals surface area contributed by atoms with E-state index in [-0.39, 0.29) is 0 Å². The van der Waals surface area contributed by atoms with Gasteiger partial charge in [0.2, 0.25) is 0 Å². The molecule has 1 aliphatic carbocycles. The highest BCUT2D eigenvalue weighted by Gasteiger charge is 2.22. The van der Waals surface area contributed by atoms with Gasteiger partial charge in [-0.1, -0.05) is 26.7 Å². The van der Waals surface area contributed by atoms with Crippen molar-refractivity contribution >= 4 is 0 Å². The van der Waals surface area contributed by atoms with E-state index < -0.39 is 0 Å². The van der Waals surface area contributed by atoms with E-state index in [1.165, 1.54) is 25.7 Å². The molecular formula is C11H19N. The van der Waals surface area contributed by atoms with E-state index in [9.17, 15) is 0 Å².